The Morgan fingerprint density at radius 3 is 1.82 bits per heavy atom. The fraction of sp³-hybridized carbons (Fsp3) is 0. The SMILES string of the molecule is c1ccc(N(c2ccc(-c3ccc(-n4ccc5ccccc54)cc3)cc2)c2cccc3ccccc23)cc1. The van der Waals surface area contributed by atoms with Gasteiger partial charge < -0.3 is 9.47 Å². The lowest BCUT2D eigenvalue weighted by Crippen LogP contribution is -2.10. The summed E-state index contributed by atoms with van der Waals surface area (Å²) in [6, 6.07) is 54.0. The van der Waals surface area contributed by atoms with Crippen molar-refractivity contribution in [1.82, 2.24) is 4.57 Å². The van der Waals surface area contributed by atoms with Gasteiger partial charge >= 0.3 is 0 Å². The standard InChI is InChI=1S/C36H26N2/c1-2-12-32(13-3-1)38(36-16-8-11-29-9-4-6-14-34(29)36)33-23-19-28(20-24-33)27-17-21-31(22-18-27)37-26-25-30-10-5-7-15-35(30)37/h1-26H. The molecule has 0 aliphatic carbocycles. The second-order valence-electron chi connectivity index (χ2n) is 9.51. The Labute approximate surface area is 222 Å². The molecule has 0 saturated carbocycles. The predicted molar refractivity (Wildman–Crippen MR) is 161 cm³/mol. The lowest BCUT2D eigenvalue weighted by atomic mass is 10.0. The van der Waals surface area contributed by atoms with E-state index in [2.05, 4.69) is 167 Å². The number of hydrogen-bond acceptors (Lipinski definition) is 1. The molecule has 0 amide bonds. The van der Waals surface area contributed by atoms with Crippen molar-refractivity contribution in [1.29, 1.82) is 0 Å². The highest BCUT2D eigenvalue weighted by Crippen LogP contribution is 2.39. The second-order valence-corrected chi connectivity index (χ2v) is 9.51. The topological polar surface area (TPSA) is 8.17 Å². The average molecular weight is 487 g/mol. The van der Waals surface area contributed by atoms with Crippen molar-refractivity contribution in [2.75, 3.05) is 4.90 Å². The summed E-state index contributed by atoms with van der Waals surface area (Å²) >= 11 is 0. The lowest BCUT2D eigenvalue weighted by molar-refractivity contribution is 1.13. The third-order valence-corrected chi connectivity index (χ3v) is 7.23. The first-order valence-electron chi connectivity index (χ1n) is 13.0. The first-order valence-corrected chi connectivity index (χ1v) is 13.0. The van der Waals surface area contributed by atoms with Crippen LogP contribution in [0, 0.1) is 0 Å². The molecular weight excluding hydrogens is 460 g/mol. The van der Waals surface area contributed by atoms with Crippen LogP contribution < -0.4 is 4.90 Å². The highest BCUT2D eigenvalue weighted by Gasteiger charge is 2.15. The summed E-state index contributed by atoms with van der Waals surface area (Å²) in [5, 5.41) is 3.72. The Bertz CT molecular complexity index is 1840. The van der Waals surface area contributed by atoms with Gasteiger partial charge in [0.15, 0.2) is 0 Å². The maximum atomic E-state index is 2.34. The molecule has 2 heteroatoms. The Kier molecular flexibility index (Phi) is 5.49. The zero-order valence-electron chi connectivity index (χ0n) is 20.9. The Balaban J connectivity index is 1.25. The normalized spacial score (nSPS) is 11.2. The van der Waals surface area contributed by atoms with E-state index >= 15 is 0 Å². The molecule has 0 unspecified atom stereocenters. The molecule has 0 fully saturated rings. The van der Waals surface area contributed by atoms with Crippen LogP contribution in [0.15, 0.2) is 158 Å². The highest BCUT2D eigenvalue weighted by molar-refractivity contribution is 5.99. The third-order valence-electron chi connectivity index (χ3n) is 7.23. The Morgan fingerprint density at radius 2 is 1.03 bits per heavy atom. The van der Waals surface area contributed by atoms with Gasteiger partial charge in [-0.25, -0.2) is 0 Å². The van der Waals surface area contributed by atoms with Crippen LogP contribution in [0.25, 0.3) is 38.5 Å². The molecule has 0 bridgehead atoms. The van der Waals surface area contributed by atoms with Crippen LogP contribution >= 0.6 is 0 Å². The minimum absolute atomic E-state index is 1.13. The van der Waals surface area contributed by atoms with Gasteiger partial charge in [-0.1, -0.05) is 97.1 Å². The van der Waals surface area contributed by atoms with E-state index in [4.69, 9.17) is 0 Å². The minimum atomic E-state index is 1.13. The molecule has 1 aromatic heterocycles. The Morgan fingerprint density at radius 1 is 0.421 bits per heavy atom. The van der Waals surface area contributed by atoms with Crippen molar-refractivity contribution in [2.24, 2.45) is 0 Å². The lowest BCUT2D eigenvalue weighted by Gasteiger charge is -2.27. The second kappa shape index (κ2) is 9.42. The Hall–Kier alpha value is -5.08. The van der Waals surface area contributed by atoms with Crippen LogP contribution in [0.5, 0.6) is 0 Å². The molecule has 7 aromatic rings. The molecule has 1 heterocycles. The number of benzene rings is 6. The number of fused-ring (bicyclic) bond motifs is 2. The molecule has 180 valence electrons. The van der Waals surface area contributed by atoms with E-state index in [9.17, 15) is 0 Å². The van der Waals surface area contributed by atoms with Crippen molar-refractivity contribution in [3.63, 3.8) is 0 Å². The number of para-hydroxylation sites is 2. The summed E-state index contributed by atoms with van der Waals surface area (Å²) in [6.07, 6.45) is 2.14. The van der Waals surface area contributed by atoms with Gasteiger partial charge in [-0.2, -0.15) is 0 Å². The molecular formula is C36H26N2. The zero-order chi connectivity index (χ0) is 25.3. The van der Waals surface area contributed by atoms with Gasteiger partial charge in [0.25, 0.3) is 0 Å². The molecule has 2 nitrogen and oxygen atoms in total. The summed E-state index contributed by atoms with van der Waals surface area (Å²) in [5.74, 6) is 0. The molecule has 0 radical (unpaired) electrons. The van der Waals surface area contributed by atoms with Gasteiger partial charge in [0.1, 0.15) is 0 Å². The highest BCUT2D eigenvalue weighted by atomic mass is 15.1. The van der Waals surface area contributed by atoms with E-state index < -0.39 is 0 Å². The summed E-state index contributed by atoms with van der Waals surface area (Å²) in [6.45, 7) is 0. The van der Waals surface area contributed by atoms with Crippen molar-refractivity contribution in [2.45, 2.75) is 0 Å². The average Bonchev–Trinajstić information content (AvgIpc) is 3.43. The molecule has 0 saturated heterocycles. The van der Waals surface area contributed by atoms with Crippen LogP contribution in [0.2, 0.25) is 0 Å². The van der Waals surface area contributed by atoms with Gasteiger partial charge in [0, 0.05) is 28.6 Å². The van der Waals surface area contributed by atoms with Crippen molar-refractivity contribution < 1.29 is 0 Å². The van der Waals surface area contributed by atoms with Gasteiger partial charge in [-0.15, -0.1) is 0 Å². The van der Waals surface area contributed by atoms with Crippen LogP contribution in [0.4, 0.5) is 17.1 Å². The largest absolute Gasteiger partial charge is 0.317 e. The number of anilines is 3. The van der Waals surface area contributed by atoms with E-state index in [0.717, 1.165) is 17.1 Å². The van der Waals surface area contributed by atoms with Gasteiger partial charge in [0.2, 0.25) is 0 Å². The molecule has 0 spiro atoms. The number of nitrogens with zero attached hydrogens (tertiary/aromatic N) is 2. The van der Waals surface area contributed by atoms with Crippen LogP contribution in [-0.4, -0.2) is 4.57 Å². The molecule has 6 aromatic carbocycles. The zero-order valence-corrected chi connectivity index (χ0v) is 20.9. The van der Waals surface area contributed by atoms with E-state index in [0.29, 0.717) is 0 Å². The smallest absolute Gasteiger partial charge is 0.0540 e. The molecule has 0 atom stereocenters. The minimum Gasteiger partial charge on any atom is -0.317 e. The van der Waals surface area contributed by atoms with Crippen molar-refractivity contribution in [3.8, 4) is 16.8 Å². The molecule has 0 aliphatic heterocycles. The quantitative estimate of drug-likeness (QED) is 0.235. The van der Waals surface area contributed by atoms with Crippen molar-refractivity contribution >= 4 is 38.7 Å². The first-order chi connectivity index (χ1) is 18.8. The maximum Gasteiger partial charge on any atom is 0.0540 e. The molecule has 0 N–H and O–H groups in total. The number of rotatable bonds is 5. The summed E-state index contributed by atoms with van der Waals surface area (Å²) in [7, 11) is 0. The van der Waals surface area contributed by atoms with Gasteiger partial charge in [0.05, 0.1) is 11.2 Å². The third kappa shape index (κ3) is 3.93. The van der Waals surface area contributed by atoms with Crippen LogP contribution in [0.3, 0.4) is 0 Å². The molecule has 0 aliphatic rings. The predicted octanol–water partition coefficient (Wildman–Crippen LogP) is 9.92. The van der Waals surface area contributed by atoms with Crippen LogP contribution in [-0.2, 0) is 0 Å². The first kappa shape index (κ1) is 22.1. The molecule has 7 rings (SSSR count). The number of aromatic nitrogens is 1. The van der Waals surface area contributed by atoms with Gasteiger partial charge in [-0.05, 0) is 76.5 Å². The van der Waals surface area contributed by atoms with E-state index in [1.807, 2.05) is 0 Å². The monoisotopic (exact) mass is 486 g/mol. The fourth-order valence-electron chi connectivity index (χ4n) is 5.33. The maximum absolute atomic E-state index is 2.34. The molecule has 38 heavy (non-hydrogen) atoms. The summed E-state index contributed by atoms with van der Waals surface area (Å²) in [4.78, 5) is 2.34. The van der Waals surface area contributed by atoms with Crippen molar-refractivity contribution in [3.05, 3.63) is 158 Å². The van der Waals surface area contributed by atoms with E-state index in [-0.39, 0.29) is 0 Å². The fourth-order valence-corrected chi connectivity index (χ4v) is 5.33. The summed E-state index contributed by atoms with van der Waals surface area (Å²) < 4.78 is 2.24. The van der Waals surface area contributed by atoms with E-state index in [1.165, 1.54) is 38.5 Å². The van der Waals surface area contributed by atoms with Gasteiger partial charge in [-0.3, -0.25) is 0 Å². The van der Waals surface area contributed by atoms with E-state index in [1.54, 1.807) is 0 Å². The van der Waals surface area contributed by atoms with Crippen LogP contribution in [0.1, 0.15) is 0 Å². The number of hydrogen-bond donors (Lipinski definition) is 0. The summed E-state index contributed by atoms with van der Waals surface area (Å²) in [5.41, 5.74) is 8.23.